The van der Waals surface area contributed by atoms with Gasteiger partial charge in [0.1, 0.15) is 0 Å². The molecule has 1 amide bonds. The van der Waals surface area contributed by atoms with E-state index in [9.17, 15) is 4.79 Å². The van der Waals surface area contributed by atoms with Gasteiger partial charge in [0.15, 0.2) is 0 Å². The third kappa shape index (κ3) is 9.93. The highest BCUT2D eigenvalue weighted by molar-refractivity contribution is 5.78. The molecule has 96 valence electrons. The summed E-state index contributed by atoms with van der Waals surface area (Å²) in [5, 5.41) is 6.12. The molecule has 0 bridgehead atoms. The summed E-state index contributed by atoms with van der Waals surface area (Å²) in [5.41, 5.74) is 0. The lowest BCUT2D eigenvalue weighted by atomic mass is 10.2. The van der Waals surface area contributed by atoms with E-state index >= 15 is 0 Å². The van der Waals surface area contributed by atoms with Crippen LogP contribution >= 0.6 is 0 Å². The summed E-state index contributed by atoms with van der Waals surface area (Å²) in [4.78, 5) is 13.6. The summed E-state index contributed by atoms with van der Waals surface area (Å²) in [7, 11) is 4.11. The number of carbonyl (C=O) groups excluding carboxylic acids is 1. The monoisotopic (exact) mass is 229 g/mol. The summed E-state index contributed by atoms with van der Waals surface area (Å²) in [6.45, 7) is 6.56. The summed E-state index contributed by atoms with van der Waals surface area (Å²) < 4.78 is 0. The second kappa shape index (κ2) is 9.60. The maximum atomic E-state index is 11.4. The van der Waals surface area contributed by atoms with E-state index in [0.29, 0.717) is 12.6 Å². The van der Waals surface area contributed by atoms with Crippen molar-refractivity contribution in [2.24, 2.45) is 0 Å². The van der Waals surface area contributed by atoms with Crippen molar-refractivity contribution in [3.8, 4) is 0 Å². The first-order valence-electron chi connectivity index (χ1n) is 6.21. The van der Waals surface area contributed by atoms with E-state index in [1.165, 1.54) is 0 Å². The number of hydrogen-bond donors (Lipinski definition) is 2. The van der Waals surface area contributed by atoms with E-state index in [-0.39, 0.29) is 5.91 Å². The highest BCUT2D eigenvalue weighted by Crippen LogP contribution is 1.93. The van der Waals surface area contributed by atoms with Crippen molar-refractivity contribution >= 4 is 5.91 Å². The summed E-state index contributed by atoms with van der Waals surface area (Å²) >= 11 is 0. The molecule has 0 aliphatic carbocycles. The number of rotatable bonds is 9. The molecule has 0 aliphatic rings. The topological polar surface area (TPSA) is 44.4 Å². The summed E-state index contributed by atoms with van der Waals surface area (Å²) in [6.07, 6.45) is 3.23. The smallest absolute Gasteiger partial charge is 0.234 e. The van der Waals surface area contributed by atoms with Gasteiger partial charge in [-0.2, -0.15) is 0 Å². The number of nitrogens with one attached hydrogen (secondary N) is 2. The second-order valence-electron chi connectivity index (χ2n) is 4.59. The predicted molar refractivity (Wildman–Crippen MR) is 68.6 cm³/mol. The molecular formula is C12H27N3O. The van der Waals surface area contributed by atoms with Gasteiger partial charge in [-0.05, 0) is 47.0 Å². The molecule has 1 unspecified atom stereocenters. The largest absolute Gasteiger partial charge is 0.353 e. The molecule has 0 aromatic carbocycles. The predicted octanol–water partition coefficient (Wildman–Crippen LogP) is 0.833. The van der Waals surface area contributed by atoms with E-state index in [2.05, 4.69) is 36.6 Å². The molecule has 2 N–H and O–H groups in total. The molecule has 0 aromatic rings. The van der Waals surface area contributed by atoms with Crippen LogP contribution in [0.25, 0.3) is 0 Å². The molecule has 4 heteroatoms. The standard InChI is InChI=1S/C12H27N3O/c1-5-7-11(2)14-12(16)10-13-8-6-9-15(3)4/h11,13H,5-10H2,1-4H3,(H,14,16). The molecule has 0 fully saturated rings. The average Bonchev–Trinajstić information content (AvgIpc) is 2.16. The van der Waals surface area contributed by atoms with Crippen LogP contribution < -0.4 is 10.6 Å². The Labute approximate surface area is 99.8 Å². The minimum absolute atomic E-state index is 0.103. The van der Waals surface area contributed by atoms with Gasteiger partial charge >= 0.3 is 0 Å². The van der Waals surface area contributed by atoms with Crippen LogP contribution in [0.4, 0.5) is 0 Å². The zero-order chi connectivity index (χ0) is 12.4. The highest BCUT2D eigenvalue weighted by atomic mass is 16.1. The Hall–Kier alpha value is -0.610. The van der Waals surface area contributed by atoms with Gasteiger partial charge in [-0.3, -0.25) is 4.79 Å². The fourth-order valence-corrected chi connectivity index (χ4v) is 1.55. The molecule has 0 saturated heterocycles. The SMILES string of the molecule is CCCC(C)NC(=O)CNCCCN(C)C. The van der Waals surface area contributed by atoms with Crippen LogP contribution in [0, 0.1) is 0 Å². The number of nitrogens with zero attached hydrogens (tertiary/aromatic N) is 1. The second-order valence-corrected chi connectivity index (χ2v) is 4.59. The molecule has 0 aromatic heterocycles. The van der Waals surface area contributed by atoms with Crippen molar-refractivity contribution in [2.75, 3.05) is 33.7 Å². The van der Waals surface area contributed by atoms with Gasteiger partial charge in [0.25, 0.3) is 0 Å². The Morgan fingerprint density at radius 1 is 1.38 bits per heavy atom. The molecule has 0 saturated carbocycles. The normalized spacial score (nSPS) is 12.8. The minimum atomic E-state index is 0.103. The van der Waals surface area contributed by atoms with E-state index in [0.717, 1.165) is 32.4 Å². The van der Waals surface area contributed by atoms with Crippen LogP contribution in [0.15, 0.2) is 0 Å². The van der Waals surface area contributed by atoms with E-state index in [4.69, 9.17) is 0 Å². The van der Waals surface area contributed by atoms with Crippen molar-refractivity contribution in [3.05, 3.63) is 0 Å². The van der Waals surface area contributed by atoms with E-state index in [1.807, 2.05) is 6.92 Å². The van der Waals surface area contributed by atoms with Crippen molar-refractivity contribution in [3.63, 3.8) is 0 Å². The van der Waals surface area contributed by atoms with Crippen LogP contribution in [0.2, 0.25) is 0 Å². The number of carbonyl (C=O) groups is 1. The van der Waals surface area contributed by atoms with Gasteiger partial charge in [-0.15, -0.1) is 0 Å². The molecule has 16 heavy (non-hydrogen) atoms. The molecule has 0 spiro atoms. The van der Waals surface area contributed by atoms with Crippen molar-refractivity contribution in [2.45, 2.75) is 39.2 Å². The van der Waals surface area contributed by atoms with Crippen molar-refractivity contribution in [1.29, 1.82) is 0 Å². The highest BCUT2D eigenvalue weighted by Gasteiger charge is 2.05. The molecule has 0 radical (unpaired) electrons. The third-order valence-corrected chi connectivity index (χ3v) is 2.37. The average molecular weight is 229 g/mol. The summed E-state index contributed by atoms with van der Waals surface area (Å²) in [5.74, 6) is 0.103. The van der Waals surface area contributed by atoms with Gasteiger partial charge in [0, 0.05) is 6.04 Å². The number of hydrogen-bond acceptors (Lipinski definition) is 3. The Kier molecular flexibility index (Phi) is 9.24. The van der Waals surface area contributed by atoms with Gasteiger partial charge in [-0.25, -0.2) is 0 Å². The fourth-order valence-electron chi connectivity index (χ4n) is 1.55. The zero-order valence-corrected chi connectivity index (χ0v) is 11.2. The zero-order valence-electron chi connectivity index (χ0n) is 11.2. The molecule has 1 atom stereocenters. The molecule has 0 heterocycles. The van der Waals surface area contributed by atoms with Gasteiger partial charge < -0.3 is 15.5 Å². The lowest BCUT2D eigenvalue weighted by molar-refractivity contribution is -0.120. The maximum absolute atomic E-state index is 11.4. The van der Waals surface area contributed by atoms with Crippen LogP contribution in [0.1, 0.15) is 33.1 Å². The lowest BCUT2D eigenvalue weighted by Gasteiger charge is -2.13. The summed E-state index contributed by atoms with van der Waals surface area (Å²) in [6, 6.07) is 0.293. The van der Waals surface area contributed by atoms with Crippen LogP contribution in [-0.4, -0.2) is 50.6 Å². The Balaban J connectivity index is 3.36. The first kappa shape index (κ1) is 15.4. The van der Waals surface area contributed by atoms with Gasteiger partial charge in [0.05, 0.1) is 6.54 Å². The van der Waals surface area contributed by atoms with Gasteiger partial charge in [-0.1, -0.05) is 13.3 Å². The Bertz CT molecular complexity index is 183. The first-order chi connectivity index (χ1) is 7.56. The first-order valence-corrected chi connectivity index (χ1v) is 6.21. The third-order valence-electron chi connectivity index (χ3n) is 2.37. The fraction of sp³-hybridized carbons (Fsp3) is 0.917. The Morgan fingerprint density at radius 2 is 2.06 bits per heavy atom. The molecule has 4 nitrogen and oxygen atoms in total. The van der Waals surface area contributed by atoms with E-state index < -0.39 is 0 Å². The van der Waals surface area contributed by atoms with Crippen LogP contribution in [-0.2, 0) is 4.79 Å². The molecule has 0 rings (SSSR count). The van der Waals surface area contributed by atoms with Crippen LogP contribution in [0.3, 0.4) is 0 Å². The van der Waals surface area contributed by atoms with Gasteiger partial charge in [0.2, 0.25) is 5.91 Å². The van der Waals surface area contributed by atoms with E-state index in [1.54, 1.807) is 0 Å². The lowest BCUT2D eigenvalue weighted by Crippen LogP contribution is -2.39. The Morgan fingerprint density at radius 3 is 2.62 bits per heavy atom. The van der Waals surface area contributed by atoms with Crippen molar-refractivity contribution < 1.29 is 4.79 Å². The molecular weight excluding hydrogens is 202 g/mol. The van der Waals surface area contributed by atoms with Crippen molar-refractivity contribution in [1.82, 2.24) is 15.5 Å². The minimum Gasteiger partial charge on any atom is -0.353 e. The maximum Gasteiger partial charge on any atom is 0.234 e. The number of amides is 1. The van der Waals surface area contributed by atoms with Crippen LogP contribution in [0.5, 0.6) is 0 Å². The molecule has 0 aliphatic heterocycles. The quantitative estimate of drug-likeness (QED) is 0.576.